The zero-order valence-corrected chi connectivity index (χ0v) is 19.0. The molecule has 2 aromatic heterocycles. The number of aromatic nitrogens is 2. The highest BCUT2D eigenvalue weighted by Crippen LogP contribution is 2.55. The molecular formula is C25H30N4O3. The summed E-state index contributed by atoms with van der Waals surface area (Å²) in [6.45, 7) is 6.46. The average molecular weight is 435 g/mol. The van der Waals surface area contributed by atoms with Gasteiger partial charge in [0, 0.05) is 17.8 Å². The van der Waals surface area contributed by atoms with Gasteiger partial charge in [-0.1, -0.05) is 51.1 Å². The first-order valence-corrected chi connectivity index (χ1v) is 10.9. The van der Waals surface area contributed by atoms with Crippen LogP contribution in [0.25, 0.3) is 16.6 Å². The van der Waals surface area contributed by atoms with E-state index >= 15 is 0 Å². The van der Waals surface area contributed by atoms with Gasteiger partial charge in [0.25, 0.3) is 5.91 Å². The molecular weight excluding hydrogens is 404 g/mol. The molecule has 1 aliphatic rings. The van der Waals surface area contributed by atoms with Crippen LogP contribution < -0.4 is 11.1 Å². The number of nitrogens with two attached hydrogens (primary N) is 1. The van der Waals surface area contributed by atoms with Crippen LogP contribution in [0.5, 0.6) is 0 Å². The van der Waals surface area contributed by atoms with Gasteiger partial charge in [0.2, 0.25) is 0 Å². The first-order valence-electron chi connectivity index (χ1n) is 10.9. The number of carbonyl (C=O) groups excluding carboxylic acids is 2. The Bertz CT molecular complexity index is 1170. The molecule has 1 amide bonds. The van der Waals surface area contributed by atoms with Crippen molar-refractivity contribution in [3.63, 3.8) is 0 Å². The molecule has 1 aromatic carbocycles. The Balaban J connectivity index is 1.75. The van der Waals surface area contributed by atoms with Crippen LogP contribution in [0.1, 0.15) is 50.4 Å². The van der Waals surface area contributed by atoms with Crippen LogP contribution >= 0.6 is 0 Å². The zero-order valence-electron chi connectivity index (χ0n) is 19.0. The molecule has 1 saturated carbocycles. The summed E-state index contributed by atoms with van der Waals surface area (Å²) in [5.41, 5.74) is 9.14. The van der Waals surface area contributed by atoms with Crippen LogP contribution in [0.15, 0.2) is 48.8 Å². The van der Waals surface area contributed by atoms with Crippen molar-refractivity contribution in [2.24, 2.45) is 16.6 Å². The van der Waals surface area contributed by atoms with Gasteiger partial charge in [0.1, 0.15) is 0 Å². The molecule has 4 rings (SSSR count). The molecule has 3 aromatic rings. The fraction of sp³-hybridized carbons (Fsp3) is 0.400. The summed E-state index contributed by atoms with van der Waals surface area (Å²) >= 11 is 0. The maximum absolute atomic E-state index is 12.3. The number of nitrogens with one attached hydrogen (secondary N) is 1. The largest absolute Gasteiger partial charge is 0.469 e. The molecule has 168 valence electrons. The van der Waals surface area contributed by atoms with Gasteiger partial charge in [-0.25, -0.2) is 4.52 Å². The standard InChI is InChI=1S/C25H30N4O3/c1-24(2)20(10-11-25(24,3)13-21(30)32-4)28-22-18(23(26)31)14-27-29-15-17(12-19(22)29)16-8-6-5-7-9-16/h5-9,12,14-15,20,28H,10-11,13H2,1-4H3,(H2,26,31)/t20-,25-/m1/s1. The number of hydrogen-bond donors (Lipinski definition) is 2. The van der Waals surface area contributed by atoms with E-state index in [0.717, 1.165) is 29.5 Å². The lowest BCUT2D eigenvalue weighted by atomic mass is 9.66. The van der Waals surface area contributed by atoms with Gasteiger partial charge in [0.05, 0.1) is 36.5 Å². The van der Waals surface area contributed by atoms with E-state index in [-0.39, 0.29) is 22.8 Å². The number of methoxy groups -OCH3 is 1. The van der Waals surface area contributed by atoms with Gasteiger partial charge in [-0.3, -0.25) is 9.59 Å². The third kappa shape index (κ3) is 3.61. The Kier molecular flexibility index (Phi) is 5.44. The minimum absolute atomic E-state index is 0.0385. The molecule has 2 heterocycles. The van der Waals surface area contributed by atoms with E-state index in [4.69, 9.17) is 10.5 Å². The molecule has 1 aliphatic carbocycles. The number of benzene rings is 1. The summed E-state index contributed by atoms with van der Waals surface area (Å²) in [4.78, 5) is 24.3. The third-order valence-corrected chi connectivity index (χ3v) is 7.50. The number of carbonyl (C=O) groups is 2. The number of primary amides is 1. The smallest absolute Gasteiger partial charge is 0.306 e. The van der Waals surface area contributed by atoms with Crippen molar-refractivity contribution < 1.29 is 14.3 Å². The van der Waals surface area contributed by atoms with Crippen molar-refractivity contribution in [3.8, 4) is 11.1 Å². The summed E-state index contributed by atoms with van der Waals surface area (Å²) in [5.74, 6) is -0.734. The summed E-state index contributed by atoms with van der Waals surface area (Å²) < 4.78 is 6.72. The van der Waals surface area contributed by atoms with Gasteiger partial charge in [-0.05, 0) is 35.3 Å². The Morgan fingerprint density at radius 3 is 2.59 bits per heavy atom. The average Bonchev–Trinajstić information content (AvgIpc) is 3.29. The lowest BCUT2D eigenvalue weighted by molar-refractivity contribution is -0.144. The van der Waals surface area contributed by atoms with E-state index in [1.165, 1.54) is 13.3 Å². The molecule has 3 N–H and O–H groups in total. The van der Waals surface area contributed by atoms with Crippen molar-refractivity contribution in [2.75, 3.05) is 12.4 Å². The van der Waals surface area contributed by atoms with Gasteiger partial charge in [-0.2, -0.15) is 5.10 Å². The van der Waals surface area contributed by atoms with Crippen LogP contribution in [0.4, 0.5) is 5.69 Å². The first kappa shape index (κ1) is 21.9. The summed E-state index contributed by atoms with van der Waals surface area (Å²) in [6, 6.07) is 12.1. The monoisotopic (exact) mass is 434 g/mol. The topological polar surface area (TPSA) is 98.7 Å². The fourth-order valence-electron chi connectivity index (χ4n) is 4.88. The predicted octanol–water partition coefficient (Wildman–Crippen LogP) is 4.27. The van der Waals surface area contributed by atoms with Crippen LogP contribution in [-0.2, 0) is 9.53 Å². The summed E-state index contributed by atoms with van der Waals surface area (Å²) in [6.07, 6.45) is 5.55. The second kappa shape index (κ2) is 7.97. The number of esters is 1. The van der Waals surface area contributed by atoms with Gasteiger partial charge in [0.15, 0.2) is 0 Å². The third-order valence-electron chi connectivity index (χ3n) is 7.50. The van der Waals surface area contributed by atoms with Crippen molar-refractivity contribution in [1.82, 2.24) is 9.61 Å². The molecule has 7 heteroatoms. The Morgan fingerprint density at radius 1 is 1.22 bits per heavy atom. The SMILES string of the molecule is COC(=O)C[C@@]1(C)CC[C@@H](Nc2c(C(N)=O)cnn3cc(-c4ccccc4)cc23)C1(C)C. The molecule has 32 heavy (non-hydrogen) atoms. The maximum Gasteiger partial charge on any atom is 0.306 e. The zero-order chi connectivity index (χ0) is 23.1. The van der Waals surface area contributed by atoms with Crippen LogP contribution in [0.2, 0.25) is 0 Å². The number of anilines is 1. The minimum Gasteiger partial charge on any atom is -0.469 e. The van der Waals surface area contributed by atoms with Crippen LogP contribution in [-0.4, -0.2) is 34.6 Å². The number of fused-ring (bicyclic) bond motifs is 1. The van der Waals surface area contributed by atoms with Crippen molar-refractivity contribution in [1.29, 1.82) is 0 Å². The molecule has 0 saturated heterocycles. The Hall–Kier alpha value is -3.35. The molecule has 0 radical (unpaired) electrons. The number of rotatable bonds is 6. The second-order valence-corrected chi connectivity index (χ2v) is 9.49. The molecule has 0 bridgehead atoms. The molecule has 0 unspecified atom stereocenters. The normalized spacial score (nSPS) is 22.1. The summed E-state index contributed by atoms with van der Waals surface area (Å²) in [7, 11) is 1.42. The number of amides is 1. The lowest BCUT2D eigenvalue weighted by Crippen LogP contribution is -2.42. The van der Waals surface area contributed by atoms with Crippen molar-refractivity contribution in [3.05, 3.63) is 54.4 Å². The Morgan fingerprint density at radius 2 is 1.94 bits per heavy atom. The minimum atomic E-state index is -0.530. The summed E-state index contributed by atoms with van der Waals surface area (Å²) in [5, 5.41) is 8.04. The van der Waals surface area contributed by atoms with E-state index in [1.54, 1.807) is 4.52 Å². The predicted molar refractivity (Wildman–Crippen MR) is 124 cm³/mol. The van der Waals surface area contributed by atoms with Crippen molar-refractivity contribution >= 4 is 23.1 Å². The van der Waals surface area contributed by atoms with Crippen molar-refractivity contribution in [2.45, 2.75) is 46.1 Å². The van der Waals surface area contributed by atoms with E-state index in [0.29, 0.717) is 17.7 Å². The van der Waals surface area contributed by atoms with Crippen LogP contribution in [0, 0.1) is 10.8 Å². The van der Waals surface area contributed by atoms with Crippen LogP contribution in [0.3, 0.4) is 0 Å². The second-order valence-electron chi connectivity index (χ2n) is 9.49. The number of nitrogens with zero attached hydrogens (tertiary/aromatic N) is 2. The van der Waals surface area contributed by atoms with Gasteiger partial charge >= 0.3 is 5.97 Å². The lowest BCUT2D eigenvalue weighted by Gasteiger charge is -2.41. The van der Waals surface area contributed by atoms with E-state index in [1.807, 2.05) is 42.6 Å². The quantitative estimate of drug-likeness (QED) is 0.565. The van der Waals surface area contributed by atoms with Gasteiger partial charge in [-0.15, -0.1) is 0 Å². The van der Waals surface area contributed by atoms with E-state index in [9.17, 15) is 9.59 Å². The highest BCUT2D eigenvalue weighted by atomic mass is 16.5. The Labute approximate surface area is 187 Å². The maximum atomic E-state index is 12.3. The molecule has 1 fully saturated rings. The molecule has 7 nitrogen and oxygen atoms in total. The van der Waals surface area contributed by atoms with E-state index in [2.05, 4.69) is 31.2 Å². The van der Waals surface area contributed by atoms with E-state index < -0.39 is 5.91 Å². The number of ether oxygens (including phenoxy) is 1. The molecule has 0 aliphatic heterocycles. The first-order chi connectivity index (χ1) is 15.2. The molecule has 2 atom stereocenters. The van der Waals surface area contributed by atoms with Gasteiger partial charge < -0.3 is 15.8 Å². The molecule has 0 spiro atoms. The fourth-order valence-corrected chi connectivity index (χ4v) is 4.88. The highest BCUT2D eigenvalue weighted by molar-refractivity contribution is 6.02. The highest BCUT2D eigenvalue weighted by Gasteiger charge is 2.52. The number of hydrogen-bond acceptors (Lipinski definition) is 5.